The van der Waals surface area contributed by atoms with Crippen LogP contribution in [0.4, 0.5) is 5.69 Å². The van der Waals surface area contributed by atoms with Crippen molar-refractivity contribution in [1.29, 1.82) is 0 Å². The molecule has 3 N–H and O–H groups in total. The Labute approximate surface area is 153 Å². The number of hydrogen-bond acceptors (Lipinski definition) is 5. The van der Waals surface area contributed by atoms with Crippen LogP contribution in [0.15, 0.2) is 41.3 Å². The van der Waals surface area contributed by atoms with Crippen molar-refractivity contribution < 1.29 is 21.6 Å². The summed E-state index contributed by atoms with van der Waals surface area (Å²) >= 11 is 0. The highest BCUT2D eigenvalue weighted by Crippen LogP contribution is 2.24. The molecule has 0 heterocycles. The number of sulfonamides is 1. The summed E-state index contributed by atoms with van der Waals surface area (Å²) in [6, 6.07) is 8.92. The van der Waals surface area contributed by atoms with Crippen molar-refractivity contribution in [3.63, 3.8) is 0 Å². The van der Waals surface area contributed by atoms with E-state index in [4.69, 9.17) is 5.14 Å². The molecule has 0 saturated carbocycles. The number of hydrogen-bond donors (Lipinski definition) is 2. The highest BCUT2D eigenvalue weighted by molar-refractivity contribution is 7.90. The third-order valence-corrected chi connectivity index (χ3v) is 5.61. The molecule has 0 fully saturated rings. The Morgan fingerprint density at radius 1 is 1.04 bits per heavy atom. The largest absolute Gasteiger partial charge is 0.322 e. The maximum Gasteiger partial charge on any atom is 0.255 e. The SMILES string of the molecule is Cc1cc(S(N)(=O)=O)cc(NC(=O)c2ccc(CS(C)(=O)=O)cc2)c1C. The highest BCUT2D eigenvalue weighted by Gasteiger charge is 2.15. The first-order valence-electron chi connectivity index (χ1n) is 7.59. The second-order valence-corrected chi connectivity index (χ2v) is 9.88. The number of amides is 1. The zero-order chi connectivity index (χ0) is 19.7. The average Bonchev–Trinajstić information content (AvgIpc) is 2.49. The minimum atomic E-state index is -3.90. The molecule has 0 aliphatic rings. The fourth-order valence-corrected chi connectivity index (χ4v) is 3.79. The molecule has 0 bridgehead atoms. The van der Waals surface area contributed by atoms with Gasteiger partial charge in [-0.1, -0.05) is 12.1 Å². The van der Waals surface area contributed by atoms with Gasteiger partial charge in [-0.05, 0) is 54.8 Å². The molecule has 0 atom stereocenters. The molecule has 0 spiro atoms. The summed E-state index contributed by atoms with van der Waals surface area (Å²) in [5.41, 5.74) is 2.64. The van der Waals surface area contributed by atoms with Crippen LogP contribution in [-0.4, -0.2) is 29.0 Å². The molecule has 7 nitrogen and oxygen atoms in total. The van der Waals surface area contributed by atoms with Gasteiger partial charge in [-0.25, -0.2) is 22.0 Å². The molecule has 0 saturated heterocycles. The van der Waals surface area contributed by atoms with Crippen LogP contribution in [0, 0.1) is 13.8 Å². The summed E-state index contributed by atoms with van der Waals surface area (Å²) < 4.78 is 45.8. The van der Waals surface area contributed by atoms with Gasteiger partial charge in [0.1, 0.15) is 0 Å². The van der Waals surface area contributed by atoms with Crippen molar-refractivity contribution in [1.82, 2.24) is 0 Å². The lowest BCUT2D eigenvalue weighted by Gasteiger charge is -2.13. The fourth-order valence-electron chi connectivity index (χ4n) is 2.37. The van der Waals surface area contributed by atoms with Crippen LogP contribution < -0.4 is 10.5 Å². The van der Waals surface area contributed by atoms with Gasteiger partial charge in [0.15, 0.2) is 9.84 Å². The lowest BCUT2D eigenvalue weighted by atomic mass is 10.1. The number of rotatable bonds is 5. The molecule has 0 aromatic heterocycles. The Kier molecular flexibility index (Phi) is 5.55. The molecule has 26 heavy (non-hydrogen) atoms. The van der Waals surface area contributed by atoms with Crippen LogP contribution >= 0.6 is 0 Å². The van der Waals surface area contributed by atoms with Gasteiger partial charge >= 0.3 is 0 Å². The van der Waals surface area contributed by atoms with E-state index < -0.39 is 25.8 Å². The Morgan fingerprint density at radius 3 is 2.12 bits per heavy atom. The molecular formula is C17H20N2O5S2. The number of benzene rings is 2. The van der Waals surface area contributed by atoms with Crippen LogP contribution in [0.3, 0.4) is 0 Å². The molecule has 0 radical (unpaired) electrons. The van der Waals surface area contributed by atoms with Gasteiger partial charge in [0.25, 0.3) is 5.91 Å². The Balaban J connectivity index is 2.29. The first kappa shape index (κ1) is 20.1. The first-order valence-corrected chi connectivity index (χ1v) is 11.2. The minimum Gasteiger partial charge on any atom is -0.322 e. The van der Waals surface area contributed by atoms with Crippen LogP contribution in [0.2, 0.25) is 0 Å². The molecule has 1 amide bonds. The molecular weight excluding hydrogens is 376 g/mol. The van der Waals surface area contributed by atoms with Crippen molar-refractivity contribution in [3.8, 4) is 0 Å². The van der Waals surface area contributed by atoms with Crippen molar-refractivity contribution in [2.75, 3.05) is 11.6 Å². The van der Waals surface area contributed by atoms with E-state index in [1.54, 1.807) is 26.0 Å². The minimum absolute atomic E-state index is 0.0839. The summed E-state index contributed by atoms with van der Waals surface area (Å²) in [5.74, 6) is -0.547. The zero-order valence-corrected chi connectivity index (χ0v) is 16.2. The fraction of sp³-hybridized carbons (Fsp3) is 0.235. The van der Waals surface area contributed by atoms with E-state index in [0.29, 0.717) is 22.4 Å². The van der Waals surface area contributed by atoms with Gasteiger partial charge in [0, 0.05) is 17.5 Å². The second-order valence-electron chi connectivity index (χ2n) is 6.18. The second kappa shape index (κ2) is 7.18. The lowest BCUT2D eigenvalue weighted by molar-refractivity contribution is 0.102. The van der Waals surface area contributed by atoms with Gasteiger partial charge in [-0.15, -0.1) is 0 Å². The van der Waals surface area contributed by atoms with Gasteiger partial charge in [-0.2, -0.15) is 0 Å². The number of nitrogens with two attached hydrogens (primary N) is 1. The molecule has 0 aliphatic heterocycles. The van der Waals surface area contributed by atoms with Crippen LogP contribution in [0.1, 0.15) is 27.0 Å². The van der Waals surface area contributed by atoms with Crippen molar-refractivity contribution in [3.05, 3.63) is 58.7 Å². The van der Waals surface area contributed by atoms with E-state index in [1.165, 1.54) is 24.3 Å². The van der Waals surface area contributed by atoms with Crippen LogP contribution in [0.25, 0.3) is 0 Å². The smallest absolute Gasteiger partial charge is 0.255 e. The summed E-state index contributed by atoms with van der Waals surface area (Å²) in [6.45, 7) is 3.48. The zero-order valence-electron chi connectivity index (χ0n) is 14.6. The molecule has 2 aromatic rings. The predicted molar refractivity (Wildman–Crippen MR) is 100 cm³/mol. The van der Waals surface area contributed by atoms with E-state index in [9.17, 15) is 21.6 Å². The van der Waals surface area contributed by atoms with E-state index in [2.05, 4.69) is 5.32 Å². The van der Waals surface area contributed by atoms with Gasteiger partial charge in [0.05, 0.1) is 10.6 Å². The standard InChI is InChI=1S/C17H20N2O5S2/c1-11-8-15(26(18,23)24)9-16(12(11)2)19-17(20)14-6-4-13(5-7-14)10-25(3,21)22/h4-9H,10H2,1-3H3,(H,19,20)(H2,18,23,24). The summed E-state index contributed by atoms with van der Waals surface area (Å²) in [4.78, 5) is 12.3. The normalized spacial score (nSPS) is 12.0. The first-order chi connectivity index (χ1) is 11.9. The summed E-state index contributed by atoms with van der Waals surface area (Å²) in [5, 5.41) is 7.83. The van der Waals surface area contributed by atoms with Crippen LogP contribution in [-0.2, 0) is 25.6 Å². The molecule has 2 aromatic carbocycles. The number of carbonyl (C=O) groups excluding carboxylic acids is 1. The third-order valence-electron chi connectivity index (χ3n) is 3.86. The summed E-state index contributed by atoms with van der Waals surface area (Å²) in [6.07, 6.45) is 1.14. The van der Waals surface area contributed by atoms with Gasteiger partial charge in [-0.3, -0.25) is 4.79 Å². The van der Waals surface area contributed by atoms with E-state index in [1.807, 2.05) is 0 Å². The molecule has 0 unspecified atom stereocenters. The molecule has 2 rings (SSSR count). The van der Waals surface area contributed by atoms with Crippen molar-refractivity contribution >= 4 is 31.5 Å². The average molecular weight is 396 g/mol. The number of carbonyl (C=O) groups is 1. The number of nitrogens with one attached hydrogen (secondary N) is 1. The number of primary sulfonamides is 1. The van der Waals surface area contributed by atoms with Crippen LogP contribution in [0.5, 0.6) is 0 Å². The van der Waals surface area contributed by atoms with E-state index >= 15 is 0 Å². The number of aryl methyl sites for hydroxylation is 1. The predicted octanol–water partition coefficient (Wildman–Crippen LogP) is 1.75. The van der Waals surface area contributed by atoms with E-state index in [-0.39, 0.29) is 10.6 Å². The van der Waals surface area contributed by atoms with Crippen molar-refractivity contribution in [2.24, 2.45) is 5.14 Å². The van der Waals surface area contributed by atoms with Crippen molar-refractivity contribution in [2.45, 2.75) is 24.5 Å². The Hall–Kier alpha value is -2.23. The summed E-state index contributed by atoms with van der Waals surface area (Å²) in [7, 11) is -7.05. The quantitative estimate of drug-likeness (QED) is 0.797. The van der Waals surface area contributed by atoms with E-state index in [0.717, 1.165) is 11.8 Å². The molecule has 0 aliphatic carbocycles. The topological polar surface area (TPSA) is 123 Å². The lowest BCUT2D eigenvalue weighted by Crippen LogP contribution is -2.16. The molecule has 140 valence electrons. The number of anilines is 1. The van der Waals surface area contributed by atoms with Gasteiger partial charge < -0.3 is 5.32 Å². The van der Waals surface area contributed by atoms with Gasteiger partial charge in [0.2, 0.25) is 10.0 Å². The maximum atomic E-state index is 12.4. The highest BCUT2D eigenvalue weighted by atomic mass is 32.2. The third kappa shape index (κ3) is 5.13. The Bertz CT molecular complexity index is 1060. The molecule has 9 heteroatoms. The Morgan fingerprint density at radius 2 is 1.62 bits per heavy atom. The maximum absolute atomic E-state index is 12.4. The monoisotopic (exact) mass is 396 g/mol. The number of sulfone groups is 1.